The number of nitrogen functional groups attached to an aromatic ring is 1. The number of fused-ring (bicyclic) bond motifs is 3. The molecule has 2 heterocycles. The maximum Gasteiger partial charge on any atom is 0.204 e. The first-order valence-corrected chi connectivity index (χ1v) is 4.34. The van der Waals surface area contributed by atoms with Crippen LogP contribution in [0, 0.1) is 0 Å². The number of benzene rings is 1. The molecular weight excluding hydrogens is 164 g/mol. The van der Waals surface area contributed by atoms with E-state index in [4.69, 9.17) is 5.73 Å². The van der Waals surface area contributed by atoms with Crippen molar-refractivity contribution in [2.45, 2.75) is 6.54 Å². The second kappa shape index (κ2) is 2.16. The van der Waals surface area contributed by atoms with E-state index in [1.54, 1.807) is 0 Å². The molecule has 4 heteroatoms. The van der Waals surface area contributed by atoms with Crippen LogP contribution in [0.1, 0.15) is 0 Å². The minimum absolute atomic E-state index is 0.794. The Morgan fingerprint density at radius 3 is 3.31 bits per heavy atom. The molecule has 0 fully saturated rings. The molecule has 0 saturated heterocycles. The van der Waals surface area contributed by atoms with Gasteiger partial charge in [0.2, 0.25) is 5.95 Å². The predicted octanol–water partition coefficient (Wildman–Crippen LogP) is 1.04. The van der Waals surface area contributed by atoms with Crippen LogP contribution in [0.3, 0.4) is 0 Å². The number of imidazole rings is 1. The molecule has 0 atom stereocenters. The van der Waals surface area contributed by atoms with Gasteiger partial charge >= 0.3 is 0 Å². The summed E-state index contributed by atoms with van der Waals surface area (Å²) in [6.07, 6.45) is 0. The van der Waals surface area contributed by atoms with Crippen LogP contribution in [0.25, 0.3) is 11.0 Å². The zero-order valence-electron chi connectivity index (χ0n) is 7.12. The Bertz CT molecular complexity index is 472. The first-order valence-electron chi connectivity index (χ1n) is 4.34. The van der Waals surface area contributed by atoms with Crippen molar-refractivity contribution < 1.29 is 0 Å². The fraction of sp³-hybridized carbons (Fsp3) is 0.222. The van der Waals surface area contributed by atoms with Crippen molar-refractivity contribution in [1.82, 2.24) is 9.55 Å². The number of nitrogens with one attached hydrogen (secondary N) is 1. The molecule has 3 N–H and O–H groups in total. The Balaban J connectivity index is 2.40. The highest BCUT2D eigenvalue weighted by molar-refractivity contribution is 5.82. The SMILES string of the molecule is Nc1ccc2nc3n(c2c1)CCN3. The Hall–Kier alpha value is -1.71. The van der Waals surface area contributed by atoms with Crippen LogP contribution in [-0.4, -0.2) is 16.1 Å². The average molecular weight is 174 g/mol. The number of aromatic nitrogens is 2. The predicted molar refractivity (Wildman–Crippen MR) is 52.6 cm³/mol. The Kier molecular flexibility index (Phi) is 1.12. The molecular formula is C9H10N4. The summed E-state index contributed by atoms with van der Waals surface area (Å²) in [4.78, 5) is 4.43. The summed E-state index contributed by atoms with van der Waals surface area (Å²) in [6, 6.07) is 5.81. The fourth-order valence-corrected chi connectivity index (χ4v) is 1.78. The monoisotopic (exact) mass is 174 g/mol. The van der Waals surface area contributed by atoms with Crippen molar-refractivity contribution in [3.8, 4) is 0 Å². The molecule has 1 aliphatic heterocycles. The maximum absolute atomic E-state index is 5.72. The summed E-state index contributed by atoms with van der Waals surface area (Å²) in [5, 5.41) is 3.22. The molecule has 3 rings (SSSR count). The molecule has 0 amide bonds. The summed E-state index contributed by atoms with van der Waals surface area (Å²) in [7, 11) is 0. The normalized spacial score (nSPS) is 14.5. The molecule has 1 aromatic carbocycles. The molecule has 0 unspecified atom stereocenters. The number of hydrogen-bond donors (Lipinski definition) is 2. The molecule has 1 aromatic heterocycles. The highest BCUT2D eigenvalue weighted by Gasteiger charge is 2.14. The lowest BCUT2D eigenvalue weighted by Gasteiger charge is -1.97. The summed E-state index contributed by atoms with van der Waals surface area (Å²) in [6.45, 7) is 1.95. The molecule has 0 aliphatic carbocycles. The highest BCUT2D eigenvalue weighted by Crippen LogP contribution is 2.24. The van der Waals surface area contributed by atoms with E-state index in [9.17, 15) is 0 Å². The van der Waals surface area contributed by atoms with Gasteiger partial charge in [0.15, 0.2) is 0 Å². The van der Waals surface area contributed by atoms with E-state index in [-0.39, 0.29) is 0 Å². The van der Waals surface area contributed by atoms with Gasteiger partial charge in [-0.25, -0.2) is 4.98 Å². The number of rotatable bonds is 0. The summed E-state index contributed by atoms with van der Waals surface area (Å²) in [5.74, 6) is 0.959. The average Bonchev–Trinajstić information content (AvgIpc) is 2.64. The van der Waals surface area contributed by atoms with Crippen molar-refractivity contribution in [2.24, 2.45) is 0 Å². The molecule has 1 aliphatic rings. The van der Waals surface area contributed by atoms with Crippen LogP contribution in [0.2, 0.25) is 0 Å². The smallest absolute Gasteiger partial charge is 0.204 e. The van der Waals surface area contributed by atoms with Crippen LogP contribution < -0.4 is 11.1 Å². The lowest BCUT2D eigenvalue weighted by Crippen LogP contribution is -1.95. The number of nitrogens with two attached hydrogens (primary N) is 1. The Labute approximate surface area is 75.4 Å². The largest absolute Gasteiger partial charge is 0.399 e. The van der Waals surface area contributed by atoms with Crippen molar-refractivity contribution in [2.75, 3.05) is 17.6 Å². The summed E-state index contributed by atoms with van der Waals surface area (Å²) in [5.41, 5.74) is 8.64. The van der Waals surface area contributed by atoms with E-state index in [0.29, 0.717) is 0 Å². The van der Waals surface area contributed by atoms with Gasteiger partial charge in [0.25, 0.3) is 0 Å². The first-order chi connectivity index (χ1) is 6.34. The van der Waals surface area contributed by atoms with E-state index < -0.39 is 0 Å². The minimum atomic E-state index is 0.794. The first kappa shape index (κ1) is 6.77. The van der Waals surface area contributed by atoms with Gasteiger partial charge in [-0.3, -0.25) is 0 Å². The minimum Gasteiger partial charge on any atom is -0.399 e. The molecule has 2 aromatic rings. The molecule has 13 heavy (non-hydrogen) atoms. The van der Waals surface area contributed by atoms with E-state index in [2.05, 4.69) is 14.9 Å². The van der Waals surface area contributed by atoms with Crippen LogP contribution in [-0.2, 0) is 6.54 Å². The molecule has 0 saturated carbocycles. The zero-order valence-corrected chi connectivity index (χ0v) is 7.12. The van der Waals surface area contributed by atoms with E-state index in [1.807, 2.05) is 18.2 Å². The summed E-state index contributed by atoms with van der Waals surface area (Å²) >= 11 is 0. The van der Waals surface area contributed by atoms with Crippen LogP contribution in [0.5, 0.6) is 0 Å². The third-order valence-electron chi connectivity index (χ3n) is 2.39. The summed E-state index contributed by atoms with van der Waals surface area (Å²) < 4.78 is 2.16. The van der Waals surface area contributed by atoms with Gasteiger partial charge in [-0.05, 0) is 18.2 Å². The lowest BCUT2D eigenvalue weighted by molar-refractivity contribution is 0.837. The molecule has 4 nitrogen and oxygen atoms in total. The van der Waals surface area contributed by atoms with Gasteiger partial charge in [0, 0.05) is 18.8 Å². The van der Waals surface area contributed by atoms with E-state index in [0.717, 1.165) is 35.8 Å². The maximum atomic E-state index is 5.72. The number of nitrogens with zero attached hydrogens (tertiary/aromatic N) is 2. The van der Waals surface area contributed by atoms with Crippen molar-refractivity contribution in [3.05, 3.63) is 18.2 Å². The van der Waals surface area contributed by atoms with E-state index >= 15 is 0 Å². The van der Waals surface area contributed by atoms with Gasteiger partial charge in [-0.1, -0.05) is 0 Å². The van der Waals surface area contributed by atoms with Gasteiger partial charge in [0.05, 0.1) is 11.0 Å². The molecule has 66 valence electrons. The lowest BCUT2D eigenvalue weighted by atomic mass is 10.3. The third kappa shape index (κ3) is 0.824. The second-order valence-corrected chi connectivity index (χ2v) is 3.26. The van der Waals surface area contributed by atoms with Gasteiger partial charge in [-0.2, -0.15) is 0 Å². The van der Waals surface area contributed by atoms with E-state index in [1.165, 1.54) is 0 Å². The van der Waals surface area contributed by atoms with Crippen LogP contribution in [0.15, 0.2) is 18.2 Å². The standard InChI is InChI=1S/C9H10N4/c10-6-1-2-7-8(5-6)13-4-3-11-9(13)12-7/h1-2,5H,3-4,10H2,(H,11,12). The topological polar surface area (TPSA) is 55.9 Å². The Morgan fingerprint density at radius 2 is 2.38 bits per heavy atom. The van der Waals surface area contributed by atoms with Gasteiger partial charge in [-0.15, -0.1) is 0 Å². The fourth-order valence-electron chi connectivity index (χ4n) is 1.78. The van der Waals surface area contributed by atoms with Gasteiger partial charge < -0.3 is 15.6 Å². The second-order valence-electron chi connectivity index (χ2n) is 3.26. The van der Waals surface area contributed by atoms with Gasteiger partial charge in [0.1, 0.15) is 0 Å². The van der Waals surface area contributed by atoms with Crippen molar-refractivity contribution in [1.29, 1.82) is 0 Å². The third-order valence-corrected chi connectivity index (χ3v) is 2.39. The number of hydrogen-bond acceptors (Lipinski definition) is 3. The zero-order chi connectivity index (χ0) is 8.84. The van der Waals surface area contributed by atoms with Crippen LogP contribution in [0.4, 0.5) is 11.6 Å². The highest BCUT2D eigenvalue weighted by atomic mass is 15.3. The van der Waals surface area contributed by atoms with Crippen molar-refractivity contribution >= 4 is 22.7 Å². The quantitative estimate of drug-likeness (QED) is 0.587. The van der Waals surface area contributed by atoms with Crippen LogP contribution >= 0.6 is 0 Å². The number of anilines is 2. The molecule has 0 bridgehead atoms. The molecule has 0 radical (unpaired) electrons. The Morgan fingerprint density at radius 1 is 1.46 bits per heavy atom. The molecule has 0 spiro atoms. The van der Waals surface area contributed by atoms with Crippen molar-refractivity contribution in [3.63, 3.8) is 0 Å².